The van der Waals surface area contributed by atoms with E-state index in [-0.39, 0.29) is 6.04 Å². The molecule has 0 amide bonds. The molecule has 1 aliphatic rings. The van der Waals surface area contributed by atoms with Crippen molar-refractivity contribution in [1.29, 1.82) is 0 Å². The number of rotatable bonds is 6. The minimum atomic E-state index is 0.128. The number of benzene rings is 1. The van der Waals surface area contributed by atoms with Gasteiger partial charge in [0.15, 0.2) is 0 Å². The predicted octanol–water partition coefficient (Wildman–Crippen LogP) is 3.60. The summed E-state index contributed by atoms with van der Waals surface area (Å²) < 4.78 is 5.26. The highest BCUT2D eigenvalue weighted by Gasteiger charge is 2.39. The summed E-state index contributed by atoms with van der Waals surface area (Å²) in [4.78, 5) is 2.58. The number of methoxy groups -OCH3 is 1. The summed E-state index contributed by atoms with van der Waals surface area (Å²) in [6, 6.07) is 8.82. The van der Waals surface area contributed by atoms with E-state index in [1.165, 1.54) is 24.8 Å². The molecule has 1 aliphatic heterocycles. The lowest BCUT2D eigenvalue weighted by Gasteiger charge is -2.34. The van der Waals surface area contributed by atoms with E-state index in [1.807, 2.05) is 12.1 Å². The Labute approximate surface area is 129 Å². The standard InChI is InChI=1S/C18H30N2O/c1-5-18(6-2)11-12-20(13-18)17(14(3)19)15-7-9-16(21-4)10-8-15/h7-10,14,17H,5-6,11-13,19H2,1-4H3. The lowest BCUT2D eigenvalue weighted by Crippen LogP contribution is -2.39. The summed E-state index contributed by atoms with van der Waals surface area (Å²) >= 11 is 0. The highest BCUT2D eigenvalue weighted by atomic mass is 16.5. The highest BCUT2D eigenvalue weighted by Crippen LogP contribution is 2.41. The van der Waals surface area contributed by atoms with Crippen LogP contribution in [-0.2, 0) is 0 Å². The zero-order valence-electron chi connectivity index (χ0n) is 13.9. The fraction of sp³-hybridized carbons (Fsp3) is 0.667. The third-order valence-corrected chi connectivity index (χ3v) is 5.32. The molecule has 2 N–H and O–H groups in total. The number of ether oxygens (including phenoxy) is 1. The van der Waals surface area contributed by atoms with Gasteiger partial charge in [0.2, 0.25) is 0 Å². The molecule has 2 rings (SSSR count). The molecule has 21 heavy (non-hydrogen) atoms. The Hall–Kier alpha value is -1.06. The Balaban J connectivity index is 2.20. The van der Waals surface area contributed by atoms with Crippen molar-refractivity contribution in [2.75, 3.05) is 20.2 Å². The Kier molecular flexibility index (Phi) is 5.28. The Bertz CT molecular complexity index is 437. The first-order valence-corrected chi connectivity index (χ1v) is 8.19. The maximum absolute atomic E-state index is 6.32. The van der Waals surface area contributed by atoms with Gasteiger partial charge in [0.25, 0.3) is 0 Å². The molecule has 2 unspecified atom stereocenters. The van der Waals surface area contributed by atoms with Crippen LogP contribution in [0.2, 0.25) is 0 Å². The maximum atomic E-state index is 6.32. The van der Waals surface area contributed by atoms with Crippen LogP contribution in [0.25, 0.3) is 0 Å². The van der Waals surface area contributed by atoms with Crippen LogP contribution in [0.3, 0.4) is 0 Å². The van der Waals surface area contributed by atoms with Gasteiger partial charge in [0, 0.05) is 18.6 Å². The van der Waals surface area contributed by atoms with E-state index < -0.39 is 0 Å². The van der Waals surface area contributed by atoms with Gasteiger partial charge in [-0.25, -0.2) is 0 Å². The van der Waals surface area contributed by atoms with Gasteiger partial charge >= 0.3 is 0 Å². The van der Waals surface area contributed by atoms with Gasteiger partial charge in [-0.2, -0.15) is 0 Å². The molecule has 0 saturated carbocycles. The monoisotopic (exact) mass is 290 g/mol. The van der Waals surface area contributed by atoms with E-state index in [9.17, 15) is 0 Å². The first-order chi connectivity index (χ1) is 10.0. The average molecular weight is 290 g/mol. The van der Waals surface area contributed by atoms with Crippen molar-refractivity contribution in [3.8, 4) is 5.75 Å². The molecule has 1 saturated heterocycles. The lowest BCUT2D eigenvalue weighted by atomic mass is 9.82. The van der Waals surface area contributed by atoms with Crippen LogP contribution < -0.4 is 10.5 Å². The quantitative estimate of drug-likeness (QED) is 0.870. The van der Waals surface area contributed by atoms with E-state index >= 15 is 0 Å². The second-order valence-corrected chi connectivity index (χ2v) is 6.50. The third-order valence-electron chi connectivity index (χ3n) is 5.32. The van der Waals surface area contributed by atoms with Crippen LogP contribution in [0.5, 0.6) is 5.75 Å². The minimum Gasteiger partial charge on any atom is -0.497 e. The SMILES string of the molecule is CCC1(CC)CCN(C(c2ccc(OC)cc2)C(C)N)C1. The Morgan fingerprint density at radius 3 is 2.29 bits per heavy atom. The normalized spacial score (nSPS) is 21.2. The van der Waals surface area contributed by atoms with Crippen molar-refractivity contribution in [3.05, 3.63) is 29.8 Å². The fourth-order valence-electron chi connectivity index (χ4n) is 3.68. The largest absolute Gasteiger partial charge is 0.497 e. The van der Waals surface area contributed by atoms with Crippen molar-refractivity contribution in [2.24, 2.45) is 11.1 Å². The van der Waals surface area contributed by atoms with Crippen molar-refractivity contribution >= 4 is 0 Å². The Morgan fingerprint density at radius 2 is 1.86 bits per heavy atom. The maximum Gasteiger partial charge on any atom is 0.118 e. The van der Waals surface area contributed by atoms with Crippen LogP contribution in [0.1, 0.15) is 51.6 Å². The molecule has 1 fully saturated rings. The van der Waals surface area contributed by atoms with Crippen molar-refractivity contribution < 1.29 is 4.74 Å². The number of nitrogens with zero attached hydrogens (tertiary/aromatic N) is 1. The molecular formula is C18H30N2O. The average Bonchev–Trinajstić information content (AvgIpc) is 2.92. The zero-order valence-corrected chi connectivity index (χ0v) is 13.9. The van der Waals surface area contributed by atoms with Crippen LogP contribution in [0.15, 0.2) is 24.3 Å². The number of nitrogens with two attached hydrogens (primary N) is 1. The van der Waals surface area contributed by atoms with E-state index in [2.05, 4.69) is 37.8 Å². The van der Waals surface area contributed by atoms with Gasteiger partial charge in [-0.1, -0.05) is 26.0 Å². The summed E-state index contributed by atoms with van der Waals surface area (Å²) in [5.74, 6) is 0.903. The number of hydrogen-bond donors (Lipinski definition) is 1. The molecule has 1 heterocycles. The molecule has 0 aromatic heterocycles. The fourth-order valence-corrected chi connectivity index (χ4v) is 3.68. The summed E-state index contributed by atoms with van der Waals surface area (Å²) in [5.41, 5.74) is 8.10. The molecule has 2 atom stereocenters. The summed E-state index contributed by atoms with van der Waals surface area (Å²) in [7, 11) is 1.70. The topological polar surface area (TPSA) is 38.5 Å². The predicted molar refractivity (Wildman–Crippen MR) is 88.6 cm³/mol. The molecule has 3 nitrogen and oxygen atoms in total. The van der Waals surface area contributed by atoms with Crippen LogP contribution in [0.4, 0.5) is 0 Å². The lowest BCUT2D eigenvalue weighted by molar-refractivity contribution is 0.178. The van der Waals surface area contributed by atoms with Gasteiger partial charge in [-0.3, -0.25) is 4.90 Å². The van der Waals surface area contributed by atoms with E-state index in [0.717, 1.165) is 18.8 Å². The third kappa shape index (κ3) is 3.41. The van der Waals surface area contributed by atoms with Crippen molar-refractivity contribution in [2.45, 2.75) is 52.1 Å². The van der Waals surface area contributed by atoms with Gasteiger partial charge in [0.05, 0.1) is 7.11 Å². The molecule has 118 valence electrons. The molecule has 3 heteroatoms. The zero-order chi connectivity index (χ0) is 15.5. The number of likely N-dealkylation sites (tertiary alicyclic amines) is 1. The second-order valence-electron chi connectivity index (χ2n) is 6.50. The van der Waals surface area contributed by atoms with Gasteiger partial charge in [-0.05, 0) is 55.8 Å². The van der Waals surface area contributed by atoms with Crippen molar-refractivity contribution in [1.82, 2.24) is 4.90 Å². The van der Waals surface area contributed by atoms with Crippen LogP contribution >= 0.6 is 0 Å². The van der Waals surface area contributed by atoms with Crippen LogP contribution in [-0.4, -0.2) is 31.1 Å². The first kappa shape index (κ1) is 16.3. The number of hydrogen-bond acceptors (Lipinski definition) is 3. The van der Waals surface area contributed by atoms with Crippen molar-refractivity contribution in [3.63, 3.8) is 0 Å². The smallest absolute Gasteiger partial charge is 0.118 e. The van der Waals surface area contributed by atoms with Gasteiger partial charge in [0.1, 0.15) is 5.75 Å². The molecule has 0 bridgehead atoms. The van der Waals surface area contributed by atoms with Gasteiger partial charge in [-0.15, -0.1) is 0 Å². The van der Waals surface area contributed by atoms with E-state index in [4.69, 9.17) is 10.5 Å². The molecule has 1 aromatic carbocycles. The minimum absolute atomic E-state index is 0.128. The van der Waals surface area contributed by atoms with Crippen LogP contribution in [0, 0.1) is 5.41 Å². The molecular weight excluding hydrogens is 260 g/mol. The van der Waals surface area contributed by atoms with Gasteiger partial charge < -0.3 is 10.5 Å². The molecule has 0 spiro atoms. The Morgan fingerprint density at radius 1 is 1.24 bits per heavy atom. The summed E-state index contributed by atoms with van der Waals surface area (Å²) in [5, 5.41) is 0. The molecule has 1 aromatic rings. The highest BCUT2D eigenvalue weighted by molar-refractivity contribution is 5.30. The summed E-state index contributed by atoms with van der Waals surface area (Å²) in [6.45, 7) is 9.08. The van der Waals surface area contributed by atoms with E-state index in [1.54, 1.807) is 7.11 Å². The summed E-state index contributed by atoms with van der Waals surface area (Å²) in [6.07, 6.45) is 3.81. The first-order valence-electron chi connectivity index (χ1n) is 8.19. The van der Waals surface area contributed by atoms with E-state index in [0.29, 0.717) is 11.5 Å². The molecule has 0 radical (unpaired) electrons. The molecule has 0 aliphatic carbocycles. The second kappa shape index (κ2) is 6.80.